The molecular formula is C23H22ClNO2S. The third kappa shape index (κ3) is 3.21. The highest BCUT2D eigenvalue weighted by Crippen LogP contribution is 2.59. The lowest BCUT2D eigenvalue weighted by atomic mass is 10.1. The smallest absolute Gasteiger partial charge is 0.143 e. The molecule has 1 fully saturated rings. The Morgan fingerprint density at radius 2 is 1.57 bits per heavy atom. The van der Waals surface area contributed by atoms with E-state index in [1.54, 1.807) is 7.11 Å². The molecule has 1 unspecified atom stereocenters. The average Bonchev–Trinajstić information content (AvgIpc) is 3.35. The number of rotatable bonds is 5. The molecule has 4 rings (SSSR count). The van der Waals surface area contributed by atoms with Crippen LogP contribution in [0.3, 0.4) is 0 Å². The molecule has 1 aliphatic rings. The van der Waals surface area contributed by atoms with Crippen molar-refractivity contribution in [2.45, 2.75) is 29.7 Å². The van der Waals surface area contributed by atoms with E-state index in [1.807, 2.05) is 79.7 Å². The van der Waals surface area contributed by atoms with E-state index in [2.05, 4.69) is 11.8 Å². The molecule has 0 N–H and O–H groups in total. The molecule has 1 aliphatic heterocycles. The van der Waals surface area contributed by atoms with E-state index in [-0.39, 0.29) is 6.04 Å². The third-order valence-corrected chi connectivity index (χ3v) is 7.45. The van der Waals surface area contributed by atoms with Crippen molar-refractivity contribution < 1.29 is 8.95 Å². The fraction of sp³-hybridized carbons (Fsp3) is 0.217. The van der Waals surface area contributed by atoms with Gasteiger partial charge in [-0.1, -0.05) is 41.4 Å². The van der Waals surface area contributed by atoms with Crippen LogP contribution in [-0.4, -0.2) is 16.2 Å². The third-order valence-electron chi connectivity index (χ3n) is 5.32. The zero-order valence-corrected chi connectivity index (χ0v) is 17.6. The van der Waals surface area contributed by atoms with E-state index in [4.69, 9.17) is 16.3 Å². The number of benzene rings is 3. The molecule has 0 radical (unpaired) electrons. The molecule has 0 amide bonds. The topological polar surface area (TPSA) is 29.3 Å². The normalized spacial score (nSPS) is 22.0. The highest BCUT2D eigenvalue weighted by molar-refractivity contribution is 7.87. The number of ether oxygens (including phenoxy) is 1. The van der Waals surface area contributed by atoms with Crippen molar-refractivity contribution in [3.8, 4) is 5.75 Å². The predicted molar refractivity (Wildman–Crippen MR) is 116 cm³/mol. The number of methoxy groups -OCH3 is 1. The van der Waals surface area contributed by atoms with Gasteiger partial charge in [0, 0.05) is 15.6 Å². The Kier molecular flexibility index (Phi) is 4.94. The van der Waals surface area contributed by atoms with E-state index >= 15 is 0 Å². The maximum absolute atomic E-state index is 13.6. The van der Waals surface area contributed by atoms with Crippen molar-refractivity contribution in [1.29, 1.82) is 0 Å². The van der Waals surface area contributed by atoms with Gasteiger partial charge in [0.1, 0.15) is 10.6 Å². The number of hydrogen-bond acceptors (Lipinski definition) is 3. The first kappa shape index (κ1) is 19.0. The van der Waals surface area contributed by atoms with Gasteiger partial charge >= 0.3 is 0 Å². The number of anilines is 1. The second-order valence-corrected chi connectivity index (χ2v) is 9.43. The molecule has 0 saturated carbocycles. The highest BCUT2D eigenvalue weighted by Gasteiger charge is 2.64. The Labute approximate surface area is 173 Å². The SMILES string of the molecule is COc1ccc(N2[C@H](c3ccc(Cl)cc3)[C@@]2(C)S(=O)c2ccc(C)cc2)cc1. The van der Waals surface area contributed by atoms with Crippen LogP contribution in [0.2, 0.25) is 5.02 Å². The van der Waals surface area contributed by atoms with Gasteiger partial charge in [-0.2, -0.15) is 0 Å². The minimum atomic E-state index is -1.21. The summed E-state index contributed by atoms with van der Waals surface area (Å²) < 4.78 is 18.9. The van der Waals surface area contributed by atoms with Gasteiger partial charge in [-0.15, -0.1) is 0 Å². The van der Waals surface area contributed by atoms with Crippen LogP contribution in [-0.2, 0) is 10.8 Å². The minimum Gasteiger partial charge on any atom is -0.497 e. The van der Waals surface area contributed by atoms with Crippen LogP contribution in [0.1, 0.15) is 24.1 Å². The standard InChI is InChI=1S/C23H22ClNO2S/c1-16-4-14-21(15-5-16)28(26)23(2)22(17-6-8-18(24)9-7-17)25(23)19-10-12-20(27-3)13-11-19/h4-15,22H,1-3H3/t22-,23-,25?,28?/m1/s1. The Bertz CT molecular complexity index is 1000. The maximum Gasteiger partial charge on any atom is 0.143 e. The van der Waals surface area contributed by atoms with Gasteiger partial charge in [-0.05, 0) is 67.9 Å². The van der Waals surface area contributed by atoms with Gasteiger partial charge in [0.2, 0.25) is 0 Å². The quantitative estimate of drug-likeness (QED) is 0.501. The first-order chi connectivity index (χ1) is 13.4. The van der Waals surface area contributed by atoms with Crippen molar-refractivity contribution in [3.05, 3.63) is 88.9 Å². The molecule has 3 nitrogen and oxygen atoms in total. The van der Waals surface area contributed by atoms with Crippen LogP contribution in [0.25, 0.3) is 0 Å². The van der Waals surface area contributed by atoms with Gasteiger partial charge in [-0.3, -0.25) is 4.21 Å². The Morgan fingerprint density at radius 1 is 0.964 bits per heavy atom. The van der Waals surface area contributed by atoms with Crippen LogP contribution in [0.4, 0.5) is 5.69 Å². The minimum absolute atomic E-state index is 0.000276. The second-order valence-electron chi connectivity index (χ2n) is 7.16. The summed E-state index contributed by atoms with van der Waals surface area (Å²) in [6.07, 6.45) is 0. The van der Waals surface area contributed by atoms with Crippen molar-refractivity contribution in [2.75, 3.05) is 12.0 Å². The van der Waals surface area contributed by atoms with Gasteiger partial charge in [0.25, 0.3) is 0 Å². The number of halogens is 1. The Morgan fingerprint density at radius 3 is 2.14 bits per heavy atom. The molecule has 1 heterocycles. The molecule has 0 bridgehead atoms. The van der Waals surface area contributed by atoms with Crippen LogP contribution >= 0.6 is 11.6 Å². The second kappa shape index (κ2) is 7.26. The predicted octanol–water partition coefficient (Wildman–Crippen LogP) is 5.74. The van der Waals surface area contributed by atoms with Crippen molar-refractivity contribution in [2.24, 2.45) is 0 Å². The van der Waals surface area contributed by atoms with Crippen LogP contribution < -0.4 is 9.64 Å². The Hall–Kier alpha value is -2.30. The highest BCUT2D eigenvalue weighted by atomic mass is 35.5. The van der Waals surface area contributed by atoms with Crippen LogP contribution in [0.15, 0.2) is 77.7 Å². The molecule has 0 spiro atoms. The molecule has 3 aromatic rings. The monoisotopic (exact) mass is 411 g/mol. The zero-order valence-electron chi connectivity index (χ0n) is 16.1. The zero-order chi connectivity index (χ0) is 19.9. The van der Waals surface area contributed by atoms with Gasteiger partial charge in [0.15, 0.2) is 0 Å². The summed E-state index contributed by atoms with van der Waals surface area (Å²) in [7, 11) is 0.442. The van der Waals surface area contributed by atoms with Crippen molar-refractivity contribution in [1.82, 2.24) is 0 Å². The van der Waals surface area contributed by atoms with Gasteiger partial charge in [0.05, 0.1) is 24.0 Å². The van der Waals surface area contributed by atoms with E-state index in [1.165, 1.54) is 0 Å². The molecule has 3 atom stereocenters. The summed E-state index contributed by atoms with van der Waals surface area (Å²) in [5.74, 6) is 0.801. The summed E-state index contributed by atoms with van der Waals surface area (Å²) in [4.78, 5) is 2.51. The number of aryl methyl sites for hydroxylation is 1. The van der Waals surface area contributed by atoms with E-state index in [0.29, 0.717) is 5.02 Å². The molecule has 0 aromatic heterocycles. The molecule has 5 heteroatoms. The summed E-state index contributed by atoms with van der Waals surface area (Å²) >= 11 is 6.08. The summed E-state index contributed by atoms with van der Waals surface area (Å²) in [6, 6.07) is 23.6. The van der Waals surface area contributed by atoms with E-state index < -0.39 is 15.7 Å². The molecule has 3 aromatic carbocycles. The van der Waals surface area contributed by atoms with Gasteiger partial charge < -0.3 is 9.64 Å². The molecule has 144 valence electrons. The maximum atomic E-state index is 13.6. The summed E-state index contributed by atoms with van der Waals surface area (Å²) in [6.45, 7) is 4.10. The molecule has 1 saturated heterocycles. The van der Waals surface area contributed by atoms with Crippen molar-refractivity contribution >= 4 is 28.1 Å². The molecular weight excluding hydrogens is 390 g/mol. The lowest BCUT2D eigenvalue weighted by Crippen LogP contribution is -2.21. The molecule has 28 heavy (non-hydrogen) atoms. The largest absolute Gasteiger partial charge is 0.497 e. The molecule has 0 aliphatic carbocycles. The number of nitrogens with zero attached hydrogens (tertiary/aromatic N) is 1. The summed E-state index contributed by atoms with van der Waals surface area (Å²) in [5.41, 5.74) is 3.27. The van der Waals surface area contributed by atoms with E-state index in [9.17, 15) is 4.21 Å². The summed E-state index contributed by atoms with van der Waals surface area (Å²) in [5, 5.41) is 0.696. The lowest BCUT2D eigenvalue weighted by molar-refractivity contribution is 0.415. The lowest BCUT2D eigenvalue weighted by Gasteiger charge is -2.14. The first-order valence-corrected chi connectivity index (χ1v) is 10.7. The van der Waals surface area contributed by atoms with Crippen LogP contribution in [0, 0.1) is 6.92 Å². The fourth-order valence-corrected chi connectivity index (χ4v) is 5.48. The van der Waals surface area contributed by atoms with Gasteiger partial charge in [-0.25, -0.2) is 0 Å². The first-order valence-electron chi connectivity index (χ1n) is 9.12. The number of hydrogen-bond donors (Lipinski definition) is 0. The average molecular weight is 412 g/mol. The van der Waals surface area contributed by atoms with E-state index in [0.717, 1.165) is 27.5 Å². The fourth-order valence-electron chi connectivity index (χ4n) is 3.71. The van der Waals surface area contributed by atoms with Crippen molar-refractivity contribution in [3.63, 3.8) is 0 Å². The Balaban J connectivity index is 1.75. The van der Waals surface area contributed by atoms with Crippen LogP contribution in [0.5, 0.6) is 5.75 Å².